The molecule has 0 aliphatic carbocycles. The van der Waals surface area contributed by atoms with Gasteiger partial charge in [-0.3, -0.25) is 9.69 Å². The standard InChI is InChI=1S/C19H23IN4O2/c1-14-11-16(15(2)24(14)18-5-3-17(20)4-6-18)12-21-22-19(25)13-23-7-9-26-10-8-23/h3-6,11-12H,7-10,13H2,1-2H3,(H,22,25). The van der Waals surface area contributed by atoms with E-state index in [1.807, 2.05) is 0 Å². The molecule has 0 spiro atoms. The lowest BCUT2D eigenvalue weighted by Crippen LogP contribution is -2.42. The topological polar surface area (TPSA) is 58.9 Å². The number of aromatic nitrogens is 1. The Balaban J connectivity index is 1.64. The van der Waals surface area contributed by atoms with Gasteiger partial charge in [0.1, 0.15) is 0 Å². The fourth-order valence-electron chi connectivity index (χ4n) is 3.08. The molecule has 0 bridgehead atoms. The molecule has 3 rings (SSSR count). The smallest absolute Gasteiger partial charge is 0.254 e. The minimum atomic E-state index is -0.102. The Labute approximate surface area is 167 Å². The number of benzene rings is 1. The van der Waals surface area contributed by atoms with E-state index >= 15 is 0 Å². The fourth-order valence-corrected chi connectivity index (χ4v) is 3.44. The second kappa shape index (κ2) is 8.79. The lowest BCUT2D eigenvalue weighted by molar-refractivity contribution is -0.123. The summed E-state index contributed by atoms with van der Waals surface area (Å²) in [7, 11) is 0. The highest BCUT2D eigenvalue weighted by atomic mass is 127. The predicted octanol–water partition coefficient (Wildman–Crippen LogP) is 2.48. The van der Waals surface area contributed by atoms with E-state index in [-0.39, 0.29) is 5.91 Å². The van der Waals surface area contributed by atoms with Crippen LogP contribution in [0.5, 0.6) is 0 Å². The predicted molar refractivity (Wildman–Crippen MR) is 111 cm³/mol. The Morgan fingerprint density at radius 2 is 1.96 bits per heavy atom. The third-order valence-corrected chi connectivity index (χ3v) is 5.14. The summed E-state index contributed by atoms with van der Waals surface area (Å²) in [6, 6.07) is 10.5. The third kappa shape index (κ3) is 4.72. The summed E-state index contributed by atoms with van der Waals surface area (Å²) in [5, 5.41) is 4.13. The number of aryl methyl sites for hydroxylation is 1. The molecule has 1 amide bonds. The average Bonchev–Trinajstić information content (AvgIpc) is 2.90. The Bertz CT molecular complexity index is 793. The largest absolute Gasteiger partial charge is 0.379 e. The van der Waals surface area contributed by atoms with Gasteiger partial charge in [0.2, 0.25) is 0 Å². The average molecular weight is 466 g/mol. The number of rotatable bonds is 5. The van der Waals surface area contributed by atoms with Crippen LogP contribution in [0, 0.1) is 17.4 Å². The molecule has 1 aliphatic heterocycles. The van der Waals surface area contributed by atoms with E-state index in [1.165, 1.54) is 3.57 Å². The number of amides is 1. The fraction of sp³-hybridized carbons (Fsp3) is 0.368. The molecule has 1 aromatic heterocycles. The van der Waals surface area contributed by atoms with Gasteiger partial charge in [0.25, 0.3) is 5.91 Å². The zero-order chi connectivity index (χ0) is 18.5. The molecule has 0 unspecified atom stereocenters. The van der Waals surface area contributed by atoms with Crippen molar-refractivity contribution in [1.29, 1.82) is 0 Å². The lowest BCUT2D eigenvalue weighted by atomic mass is 10.2. The summed E-state index contributed by atoms with van der Waals surface area (Å²) in [5.41, 5.74) is 6.96. The Morgan fingerprint density at radius 3 is 2.65 bits per heavy atom. The first kappa shape index (κ1) is 19.1. The van der Waals surface area contributed by atoms with Gasteiger partial charge in [-0.2, -0.15) is 5.10 Å². The highest BCUT2D eigenvalue weighted by molar-refractivity contribution is 14.1. The van der Waals surface area contributed by atoms with Crippen molar-refractivity contribution >= 4 is 34.7 Å². The molecule has 6 nitrogen and oxygen atoms in total. The summed E-state index contributed by atoms with van der Waals surface area (Å²) < 4.78 is 8.68. The maximum Gasteiger partial charge on any atom is 0.254 e. The molecule has 1 N–H and O–H groups in total. The maximum absolute atomic E-state index is 12.0. The summed E-state index contributed by atoms with van der Waals surface area (Å²) in [5.74, 6) is -0.102. The van der Waals surface area contributed by atoms with E-state index in [9.17, 15) is 4.79 Å². The molecular formula is C19H23IN4O2. The van der Waals surface area contributed by atoms with Crippen LogP contribution in [0.15, 0.2) is 35.4 Å². The van der Waals surface area contributed by atoms with Crippen LogP contribution < -0.4 is 5.43 Å². The first-order chi connectivity index (χ1) is 12.5. The lowest BCUT2D eigenvalue weighted by Gasteiger charge is -2.25. The Kier molecular flexibility index (Phi) is 6.44. The summed E-state index contributed by atoms with van der Waals surface area (Å²) in [6.07, 6.45) is 1.71. The number of ether oxygens (including phenoxy) is 1. The molecule has 1 aromatic carbocycles. The van der Waals surface area contributed by atoms with E-state index in [0.29, 0.717) is 19.8 Å². The van der Waals surface area contributed by atoms with Crippen molar-refractivity contribution in [1.82, 2.24) is 14.9 Å². The van der Waals surface area contributed by atoms with E-state index in [0.717, 1.165) is 35.7 Å². The van der Waals surface area contributed by atoms with Gasteiger partial charge in [-0.15, -0.1) is 0 Å². The summed E-state index contributed by atoms with van der Waals surface area (Å²) in [6.45, 7) is 7.41. The molecule has 1 saturated heterocycles. The van der Waals surface area contributed by atoms with Crippen LogP contribution in [-0.2, 0) is 9.53 Å². The van der Waals surface area contributed by atoms with Crippen molar-refractivity contribution in [3.63, 3.8) is 0 Å². The SMILES string of the molecule is Cc1cc(C=NNC(=O)CN2CCOCC2)c(C)n1-c1ccc(I)cc1. The maximum atomic E-state index is 12.0. The number of halogens is 1. The Morgan fingerprint density at radius 1 is 1.27 bits per heavy atom. The van der Waals surface area contributed by atoms with Gasteiger partial charge in [0.05, 0.1) is 26.0 Å². The summed E-state index contributed by atoms with van der Waals surface area (Å²) in [4.78, 5) is 14.1. The highest BCUT2D eigenvalue weighted by Gasteiger charge is 2.14. The number of hydrogen-bond donors (Lipinski definition) is 1. The van der Waals surface area contributed by atoms with Crippen molar-refractivity contribution in [3.8, 4) is 5.69 Å². The number of hydrogen-bond acceptors (Lipinski definition) is 4. The van der Waals surface area contributed by atoms with Gasteiger partial charge in [-0.25, -0.2) is 5.43 Å². The molecule has 0 atom stereocenters. The number of hydrazone groups is 1. The molecular weight excluding hydrogens is 443 g/mol. The van der Waals surface area contributed by atoms with Gasteiger partial charge in [0.15, 0.2) is 0 Å². The third-order valence-electron chi connectivity index (χ3n) is 4.42. The first-order valence-electron chi connectivity index (χ1n) is 8.61. The number of nitrogens with zero attached hydrogens (tertiary/aromatic N) is 3. The number of carbonyl (C=O) groups is 1. The monoisotopic (exact) mass is 466 g/mol. The van der Waals surface area contributed by atoms with Crippen LogP contribution in [0.2, 0.25) is 0 Å². The van der Waals surface area contributed by atoms with Gasteiger partial charge >= 0.3 is 0 Å². The second-order valence-electron chi connectivity index (χ2n) is 6.32. The van der Waals surface area contributed by atoms with Gasteiger partial charge in [-0.05, 0) is 66.8 Å². The van der Waals surface area contributed by atoms with Crippen molar-refractivity contribution in [2.45, 2.75) is 13.8 Å². The minimum absolute atomic E-state index is 0.102. The van der Waals surface area contributed by atoms with Crippen LogP contribution in [0.25, 0.3) is 5.69 Å². The van der Waals surface area contributed by atoms with Crippen LogP contribution in [0.3, 0.4) is 0 Å². The molecule has 1 aliphatic rings. The number of carbonyl (C=O) groups excluding carboxylic acids is 1. The van der Waals surface area contributed by atoms with Crippen LogP contribution in [-0.4, -0.2) is 54.4 Å². The van der Waals surface area contributed by atoms with Crippen LogP contribution in [0.4, 0.5) is 0 Å². The molecule has 2 heterocycles. The van der Waals surface area contributed by atoms with Crippen LogP contribution >= 0.6 is 22.6 Å². The normalized spacial score (nSPS) is 15.5. The summed E-state index contributed by atoms with van der Waals surface area (Å²) >= 11 is 2.30. The molecule has 0 saturated carbocycles. The van der Waals surface area contributed by atoms with E-state index in [4.69, 9.17) is 4.74 Å². The van der Waals surface area contributed by atoms with Gasteiger partial charge in [0, 0.05) is 39.3 Å². The van der Waals surface area contributed by atoms with Crippen molar-refractivity contribution in [3.05, 3.63) is 50.9 Å². The molecule has 2 aromatic rings. The quantitative estimate of drug-likeness (QED) is 0.419. The minimum Gasteiger partial charge on any atom is -0.379 e. The van der Waals surface area contributed by atoms with E-state index < -0.39 is 0 Å². The number of morpholine rings is 1. The molecule has 1 fully saturated rings. The Hall–Kier alpha value is -1.71. The second-order valence-corrected chi connectivity index (χ2v) is 7.57. The first-order valence-corrected chi connectivity index (χ1v) is 9.69. The number of nitrogens with one attached hydrogen (secondary N) is 1. The zero-order valence-electron chi connectivity index (χ0n) is 15.0. The molecule has 138 valence electrons. The molecule has 26 heavy (non-hydrogen) atoms. The van der Waals surface area contributed by atoms with E-state index in [2.05, 4.69) is 86.8 Å². The van der Waals surface area contributed by atoms with Gasteiger partial charge < -0.3 is 9.30 Å². The van der Waals surface area contributed by atoms with Gasteiger partial charge in [-0.1, -0.05) is 0 Å². The highest BCUT2D eigenvalue weighted by Crippen LogP contribution is 2.20. The van der Waals surface area contributed by atoms with Crippen molar-refractivity contribution in [2.75, 3.05) is 32.8 Å². The van der Waals surface area contributed by atoms with Crippen molar-refractivity contribution in [2.24, 2.45) is 5.10 Å². The molecule has 0 radical (unpaired) electrons. The zero-order valence-corrected chi connectivity index (χ0v) is 17.2. The van der Waals surface area contributed by atoms with Crippen molar-refractivity contribution < 1.29 is 9.53 Å². The van der Waals surface area contributed by atoms with Crippen LogP contribution in [0.1, 0.15) is 17.0 Å². The van der Waals surface area contributed by atoms with E-state index in [1.54, 1.807) is 6.21 Å². The molecule has 7 heteroatoms.